The van der Waals surface area contributed by atoms with Crippen LogP contribution in [-0.2, 0) is 0 Å². The second kappa shape index (κ2) is 8.64. The molecule has 0 atom stereocenters. The van der Waals surface area contributed by atoms with E-state index in [1.54, 1.807) is 0 Å². The van der Waals surface area contributed by atoms with Crippen molar-refractivity contribution in [2.75, 3.05) is 17.4 Å². The Morgan fingerprint density at radius 2 is 2.00 bits per heavy atom. The molecule has 0 bridgehead atoms. The van der Waals surface area contributed by atoms with Gasteiger partial charge in [-0.2, -0.15) is 11.8 Å². The second-order valence-electron chi connectivity index (χ2n) is 2.01. The van der Waals surface area contributed by atoms with Gasteiger partial charge in [-0.1, -0.05) is 6.92 Å². The SMILES string of the molecule is CCCSCCCCCl. The van der Waals surface area contributed by atoms with Gasteiger partial charge in [-0.05, 0) is 30.8 Å². The molecule has 9 heavy (non-hydrogen) atoms. The molecule has 0 saturated carbocycles. The average Bonchev–Trinajstić information content (AvgIpc) is 1.89. The molecule has 0 aromatic heterocycles. The van der Waals surface area contributed by atoms with Crippen LogP contribution in [0.25, 0.3) is 0 Å². The Balaban J connectivity index is 2.60. The van der Waals surface area contributed by atoms with Gasteiger partial charge in [-0.15, -0.1) is 11.6 Å². The zero-order valence-electron chi connectivity index (χ0n) is 6.03. The minimum absolute atomic E-state index is 0.826. The molecular weight excluding hydrogens is 152 g/mol. The fraction of sp³-hybridized carbons (Fsp3) is 1.00. The number of rotatable bonds is 6. The van der Waals surface area contributed by atoms with Gasteiger partial charge in [0.25, 0.3) is 0 Å². The van der Waals surface area contributed by atoms with Crippen LogP contribution in [0.15, 0.2) is 0 Å². The van der Waals surface area contributed by atoms with Crippen LogP contribution in [0.5, 0.6) is 0 Å². The van der Waals surface area contributed by atoms with Gasteiger partial charge in [0.2, 0.25) is 0 Å². The van der Waals surface area contributed by atoms with E-state index in [1.165, 1.54) is 30.8 Å². The molecule has 0 unspecified atom stereocenters. The van der Waals surface area contributed by atoms with Gasteiger partial charge in [-0.25, -0.2) is 0 Å². The first kappa shape index (κ1) is 9.64. The van der Waals surface area contributed by atoms with Crippen LogP contribution in [0, 0.1) is 0 Å². The third-order valence-electron chi connectivity index (χ3n) is 1.02. The summed E-state index contributed by atoms with van der Waals surface area (Å²) < 4.78 is 0. The Labute approximate surface area is 67.4 Å². The fourth-order valence-corrected chi connectivity index (χ4v) is 1.64. The first-order valence-corrected chi connectivity index (χ1v) is 5.24. The van der Waals surface area contributed by atoms with E-state index in [0.29, 0.717) is 0 Å². The summed E-state index contributed by atoms with van der Waals surface area (Å²) in [7, 11) is 0. The van der Waals surface area contributed by atoms with E-state index in [-0.39, 0.29) is 0 Å². The minimum atomic E-state index is 0.826. The molecular formula is C7H15ClS. The van der Waals surface area contributed by atoms with Crippen LogP contribution < -0.4 is 0 Å². The van der Waals surface area contributed by atoms with E-state index < -0.39 is 0 Å². The summed E-state index contributed by atoms with van der Waals surface area (Å²) in [6.07, 6.45) is 3.76. The zero-order chi connectivity index (χ0) is 6.95. The van der Waals surface area contributed by atoms with Gasteiger partial charge in [0.15, 0.2) is 0 Å². The van der Waals surface area contributed by atoms with E-state index in [4.69, 9.17) is 11.6 Å². The second-order valence-corrected chi connectivity index (χ2v) is 3.61. The molecule has 0 radical (unpaired) electrons. The van der Waals surface area contributed by atoms with Crippen molar-refractivity contribution < 1.29 is 0 Å². The number of hydrogen-bond acceptors (Lipinski definition) is 1. The highest BCUT2D eigenvalue weighted by molar-refractivity contribution is 7.99. The normalized spacial score (nSPS) is 10.0. The maximum atomic E-state index is 5.51. The monoisotopic (exact) mass is 166 g/mol. The van der Waals surface area contributed by atoms with Gasteiger partial charge < -0.3 is 0 Å². The summed E-state index contributed by atoms with van der Waals surface area (Å²) in [5.41, 5.74) is 0. The minimum Gasteiger partial charge on any atom is -0.162 e. The number of alkyl halides is 1. The lowest BCUT2D eigenvalue weighted by Crippen LogP contribution is -1.82. The van der Waals surface area contributed by atoms with Crippen molar-refractivity contribution in [3.05, 3.63) is 0 Å². The molecule has 0 N–H and O–H groups in total. The summed E-state index contributed by atoms with van der Waals surface area (Å²) in [6.45, 7) is 2.22. The van der Waals surface area contributed by atoms with Crippen LogP contribution >= 0.6 is 23.4 Å². The summed E-state index contributed by atoms with van der Waals surface area (Å²) >= 11 is 7.54. The number of halogens is 1. The highest BCUT2D eigenvalue weighted by Crippen LogP contribution is 2.05. The van der Waals surface area contributed by atoms with E-state index in [0.717, 1.165) is 5.88 Å². The molecule has 0 heterocycles. The highest BCUT2D eigenvalue weighted by atomic mass is 35.5. The van der Waals surface area contributed by atoms with Crippen molar-refractivity contribution in [2.45, 2.75) is 26.2 Å². The molecule has 0 aliphatic carbocycles. The molecule has 0 spiro atoms. The Morgan fingerprint density at radius 3 is 2.56 bits per heavy atom. The lowest BCUT2D eigenvalue weighted by molar-refractivity contribution is 0.901. The molecule has 0 rings (SSSR count). The standard InChI is InChI=1S/C7H15ClS/c1-2-6-9-7-4-3-5-8/h2-7H2,1H3. The predicted octanol–water partition coefficient (Wildman–Crippen LogP) is 3.15. The molecule has 56 valence electrons. The number of hydrogen-bond donors (Lipinski definition) is 0. The fourth-order valence-electron chi connectivity index (χ4n) is 0.545. The molecule has 0 amide bonds. The van der Waals surface area contributed by atoms with Crippen LogP contribution in [0.2, 0.25) is 0 Å². The lowest BCUT2D eigenvalue weighted by atomic mass is 10.4. The zero-order valence-corrected chi connectivity index (χ0v) is 7.60. The maximum absolute atomic E-state index is 5.51. The van der Waals surface area contributed by atoms with Crippen molar-refractivity contribution >= 4 is 23.4 Å². The van der Waals surface area contributed by atoms with Crippen molar-refractivity contribution in [2.24, 2.45) is 0 Å². The average molecular weight is 167 g/mol. The summed E-state index contributed by atoms with van der Waals surface area (Å²) in [4.78, 5) is 0. The Morgan fingerprint density at radius 1 is 1.22 bits per heavy atom. The summed E-state index contributed by atoms with van der Waals surface area (Å²) in [5, 5.41) is 0. The molecule has 2 heteroatoms. The topological polar surface area (TPSA) is 0 Å². The van der Waals surface area contributed by atoms with E-state index in [9.17, 15) is 0 Å². The number of unbranched alkanes of at least 4 members (excludes halogenated alkanes) is 1. The van der Waals surface area contributed by atoms with Gasteiger partial charge in [0, 0.05) is 5.88 Å². The van der Waals surface area contributed by atoms with Gasteiger partial charge in [-0.3, -0.25) is 0 Å². The van der Waals surface area contributed by atoms with E-state index >= 15 is 0 Å². The largest absolute Gasteiger partial charge is 0.162 e. The molecule has 0 fully saturated rings. The van der Waals surface area contributed by atoms with Gasteiger partial charge >= 0.3 is 0 Å². The Bertz CT molecular complexity index is 42.2. The quantitative estimate of drug-likeness (QED) is 0.432. The van der Waals surface area contributed by atoms with E-state index in [1.807, 2.05) is 11.8 Å². The van der Waals surface area contributed by atoms with Crippen molar-refractivity contribution in [3.63, 3.8) is 0 Å². The Kier molecular flexibility index (Phi) is 9.25. The number of thioether (sulfide) groups is 1. The van der Waals surface area contributed by atoms with Gasteiger partial charge in [0.05, 0.1) is 0 Å². The van der Waals surface area contributed by atoms with Crippen LogP contribution in [0.4, 0.5) is 0 Å². The van der Waals surface area contributed by atoms with Crippen LogP contribution in [-0.4, -0.2) is 17.4 Å². The third-order valence-corrected chi connectivity index (χ3v) is 2.56. The van der Waals surface area contributed by atoms with Gasteiger partial charge in [0.1, 0.15) is 0 Å². The predicted molar refractivity (Wildman–Crippen MR) is 47.6 cm³/mol. The van der Waals surface area contributed by atoms with Crippen LogP contribution in [0.1, 0.15) is 26.2 Å². The smallest absolute Gasteiger partial charge is 0.0223 e. The molecule has 0 aromatic rings. The van der Waals surface area contributed by atoms with Crippen LogP contribution in [0.3, 0.4) is 0 Å². The van der Waals surface area contributed by atoms with Crippen molar-refractivity contribution in [3.8, 4) is 0 Å². The highest BCUT2D eigenvalue weighted by Gasteiger charge is 1.86. The molecule has 0 nitrogen and oxygen atoms in total. The maximum Gasteiger partial charge on any atom is 0.0223 e. The third kappa shape index (κ3) is 8.64. The lowest BCUT2D eigenvalue weighted by Gasteiger charge is -1.95. The molecule has 0 saturated heterocycles. The first-order valence-electron chi connectivity index (χ1n) is 3.55. The Hall–Kier alpha value is 0.640. The summed E-state index contributed by atoms with van der Waals surface area (Å²) in [5.74, 6) is 3.43. The van der Waals surface area contributed by atoms with Crippen molar-refractivity contribution in [1.29, 1.82) is 0 Å². The molecule has 0 aliphatic rings. The van der Waals surface area contributed by atoms with E-state index in [2.05, 4.69) is 6.92 Å². The summed E-state index contributed by atoms with van der Waals surface area (Å²) in [6, 6.07) is 0. The molecule has 0 aromatic carbocycles. The molecule has 0 aliphatic heterocycles. The van der Waals surface area contributed by atoms with Crippen molar-refractivity contribution in [1.82, 2.24) is 0 Å². The first-order chi connectivity index (χ1) is 4.41.